The second-order valence-electron chi connectivity index (χ2n) is 5.20. The molecule has 1 saturated heterocycles. The molecule has 2 aliphatic rings. The van der Waals surface area contributed by atoms with Crippen LogP contribution in [0.15, 0.2) is 5.11 Å². The van der Waals surface area contributed by atoms with Crippen LogP contribution in [0, 0.1) is 5.92 Å². The van der Waals surface area contributed by atoms with E-state index in [0.29, 0.717) is 0 Å². The van der Waals surface area contributed by atoms with Crippen LogP contribution >= 0.6 is 0 Å². The molecule has 1 saturated carbocycles. The first kappa shape index (κ1) is 14.1. The summed E-state index contributed by atoms with van der Waals surface area (Å²) in [7, 11) is 1.22. The lowest BCUT2D eigenvalue weighted by Crippen LogP contribution is -2.37. The number of carbonyl (C=O) groups is 1. The van der Waals surface area contributed by atoms with Crippen molar-refractivity contribution >= 4 is 5.97 Å². The zero-order chi connectivity index (χ0) is 14.2. The summed E-state index contributed by atoms with van der Waals surface area (Å²) >= 11 is 0. The molecule has 5 atom stereocenters. The standard InChI is InChI=1S/C11H17N3O5/c1-11(2)18-8-5(4-6(15)9(8)19-11)7(13-14-12)10(16)17-3/h5-9,15H,4H2,1-3H3/t5-,6+,7?,8-,9+/m1/s1. The Bertz CT molecular complexity index is 421. The first-order valence-electron chi connectivity index (χ1n) is 6.05. The fourth-order valence-corrected chi connectivity index (χ4v) is 2.79. The van der Waals surface area contributed by atoms with Gasteiger partial charge < -0.3 is 19.3 Å². The highest BCUT2D eigenvalue weighted by Gasteiger charge is 2.56. The Labute approximate surface area is 110 Å². The fraction of sp³-hybridized carbons (Fsp3) is 0.909. The second-order valence-corrected chi connectivity index (χ2v) is 5.20. The highest BCUT2D eigenvalue weighted by atomic mass is 16.8. The predicted molar refractivity (Wildman–Crippen MR) is 62.9 cm³/mol. The maximum Gasteiger partial charge on any atom is 0.314 e. The molecule has 0 aromatic carbocycles. The normalized spacial score (nSPS) is 37.3. The van der Waals surface area contributed by atoms with E-state index in [0.717, 1.165) is 0 Å². The van der Waals surface area contributed by atoms with Gasteiger partial charge in [-0.25, -0.2) is 0 Å². The molecule has 19 heavy (non-hydrogen) atoms. The summed E-state index contributed by atoms with van der Waals surface area (Å²) in [4.78, 5) is 14.4. The van der Waals surface area contributed by atoms with Crippen molar-refractivity contribution in [3.05, 3.63) is 10.4 Å². The fourth-order valence-electron chi connectivity index (χ4n) is 2.79. The van der Waals surface area contributed by atoms with Crippen molar-refractivity contribution in [3.8, 4) is 0 Å². The minimum atomic E-state index is -1.02. The van der Waals surface area contributed by atoms with Gasteiger partial charge in [0.05, 0.1) is 19.3 Å². The van der Waals surface area contributed by atoms with E-state index in [1.807, 2.05) is 0 Å². The van der Waals surface area contributed by atoms with Crippen LogP contribution in [-0.4, -0.2) is 48.3 Å². The summed E-state index contributed by atoms with van der Waals surface area (Å²) in [5, 5.41) is 13.5. The van der Waals surface area contributed by atoms with Crippen LogP contribution in [0.5, 0.6) is 0 Å². The SMILES string of the molecule is COC(=O)C(N=[N+]=[N-])[C@H]1C[C@H](O)[C@@H]2OC(C)(C)O[C@@H]21. The van der Waals surface area contributed by atoms with Crippen molar-refractivity contribution in [2.75, 3.05) is 7.11 Å². The molecule has 106 valence electrons. The van der Waals surface area contributed by atoms with Gasteiger partial charge in [-0.3, -0.25) is 4.79 Å². The highest BCUT2D eigenvalue weighted by molar-refractivity contribution is 5.76. The zero-order valence-corrected chi connectivity index (χ0v) is 11.0. The molecular weight excluding hydrogens is 254 g/mol. The highest BCUT2D eigenvalue weighted by Crippen LogP contribution is 2.43. The maximum absolute atomic E-state index is 11.7. The van der Waals surface area contributed by atoms with Crippen molar-refractivity contribution in [2.24, 2.45) is 11.0 Å². The largest absolute Gasteiger partial charge is 0.469 e. The lowest BCUT2D eigenvalue weighted by Gasteiger charge is -2.24. The molecular formula is C11H17N3O5. The van der Waals surface area contributed by atoms with Gasteiger partial charge in [-0.1, -0.05) is 5.11 Å². The van der Waals surface area contributed by atoms with Crippen molar-refractivity contribution in [1.29, 1.82) is 0 Å². The monoisotopic (exact) mass is 271 g/mol. The van der Waals surface area contributed by atoms with Crippen molar-refractivity contribution < 1.29 is 24.1 Å². The molecule has 0 aromatic heterocycles. The van der Waals surface area contributed by atoms with Gasteiger partial charge >= 0.3 is 5.97 Å². The number of carbonyl (C=O) groups excluding carboxylic acids is 1. The maximum atomic E-state index is 11.7. The van der Waals surface area contributed by atoms with Gasteiger partial charge in [0.15, 0.2) is 5.79 Å². The van der Waals surface area contributed by atoms with Gasteiger partial charge in [-0.15, -0.1) is 0 Å². The Morgan fingerprint density at radius 3 is 2.74 bits per heavy atom. The van der Waals surface area contributed by atoms with Crippen LogP contribution in [0.1, 0.15) is 20.3 Å². The predicted octanol–water partition coefficient (Wildman–Crippen LogP) is 0.739. The molecule has 0 amide bonds. The summed E-state index contributed by atoms with van der Waals surface area (Å²) in [5.41, 5.74) is 8.57. The third-order valence-electron chi connectivity index (χ3n) is 3.50. The summed E-state index contributed by atoms with van der Waals surface area (Å²) in [6.45, 7) is 3.46. The average molecular weight is 271 g/mol. The van der Waals surface area contributed by atoms with Gasteiger partial charge in [-0.2, -0.15) is 0 Å². The number of ether oxygens (including phenoxy) is 3. The van der Waals surface area contributed by atoms with E-state index in [1.165, 1.54) is 7.11 Å². The number of hydrogen-bond acceptors (Lipinski definition) is 6. The minimum Gasteiger partial charge on any atom is -0.469 e. The molecule has 8 nitrogen and oxygen atoms in total. The van der Waals surface area contributed by atoms with Crippen LogP contribution in [0.2, 0.25) is 0 Å². The lowest BCUT2D eigenvalue weighted by molar-refractivity contribution is -0.170. The number of nitrogens with zero attached hydrogens (tertiary/aromatic N) is 3. The van der Waals surface area contributed by atoms with Gasteiger partial charge in [0, 0.05) is 10.8 Å². The average Bonchev–Trinajstić information content (AvgIpc) is 2.81. The Morgan fingerprint density at radius 2 is 2.16 bits per heavy atom. The smallest absolute Gasteiger partial charge is 0.314 e. The van der Waals surface area contributed by atoms with E-state index in [4.69, 9.17) is 15.0 Å². The molecule has 1 unspecified atom stereocenters. The van der Waals surface area contributed by atoms with Crippen LogP contribution in [0.3, 0.4) is 0 Å². The lowest BCUT2D eigenvalue weighted by atomic mass is 9.96. The van der Waals surface area contributed by atoms with E-state index in [2.05, 4.69) is 14.8 Å². The number of hydrogen-bond donors (Lipinski definition) is 1. The molecule has 0 bridgehead atoms. The zero-order valence-electron chi connectivity index (χ0n) is 11.0. The second kappa shape index (κ2) is 4.97. The van der Waals surface area contributed by atoms with Gasteiger partial charge in [0.1, 0.15) is 12.1 Å². The molecule has 1 N–H and O–H groups in total. The van der Waals surface area contributed by atoms with Gasteiger partial charge in [0.2, 0.25) is 0 Å². The Morgan fingerprint density at radius 1 is 1.53 bits per heavy atom. The number of methoxy groups -OCH3 is 1. The summed E-state index contributed by atoms with van der Waals surface area (Å²) < 4.78 is 15.9. The van der Waals surface area contributed by atoms with Gasteiger partial charge in [-0.05, 0) is 25.8 Å². The summed E-state index contributed by atoms with van der Waals surface area (Å²) in [6, 6.07) is -1.02. The molecule has 2 fully saturated rings. The molecule has 1 aliphatic heterocycles. The summed E-state index contributed by atoms with van der Waals surface area (Å²) in [5.74, 6) is -1.92. The van der Waals surface area contributed by atoms with Gasteiger partial charge in [0.25, 0.3) is 0 Å². The molecule has 0 radical (unpaired) electrons. The Kier molecular flexibility index (Phi) is 3.69. The molecule has 1 heterocycles. The van der Waals surface area contributed by atoms with E-state index in [1.54, 1.807) is 13.8 Å². The van der Waals surface area contributed by atoms with Crippen LogP contribution < -0.4 is 0 Å². The molecule has 0 aromatic rings. The Hall–Kier alpha value is -1.34. The first-order valence-corrected chi connectivity index (χ1v) is 6.05. The summed E-state index contributed by atoms with van der Waals surface area (Å²) in [6.07, 6.45) is -1.48. The van der Waals surface area contributed by atoms with Crippen molar-refractivity contribution in [3.63, 3.8) is 0 Å². The number of aliphatic hydroxyl groups is 1. The Balaban J connectivity index is 2.24. The number of fused-ring (bicyclic) bond motifs is 1. The quantitative estimate of drug-likeness (QED) is 0.352. The van der Waals surface area contributed by atoms with E-state index < -0.39 is 42.0 Å². The molecule has 1 aliphatic carbocycles. The van der Waals surface area contributed by atoms with Crippen LogP contribution in [0.25, 0.3) is 10.4 Å². The van der Waals surface area contributed by atoms with E-state index in [-0.39, 0.29) is 6.42 Å². The van der Waals surface area contributed by atoms with E-state index in [9.17, 15) is 9.90 Å². The van der Waals surface area contributed by atoms with Crippen molar-refractivity contribution in [2.45, 2.75) is 50.4 Å². The third kappa shape index (κ3) is 2.52. The first-order chi connectivity index (χ1) is 8.89. The molecule has 8 heteroatoms. The molecule has 2 rings (SSSR count). The van der Waals surface area contributed by atoms with Crippen molar-refractivity contribution in [1.82, 2.24) is 0 Å². The van der Waals surface area contributed by atoms with Crippen LogP contribution in [0.4, 0.5) is 0 Å². The van der Waals surface area contributed by atoms with Crippen LogP contribution in [-0.2, 0) is 19.0 Å². The molecule has 0 spiro atoms. The number of rotatable bonds is 3. The number of esters is 1. The third-order valence-corrected chi connectivity index (χ3v) is 3.50. The minimum absolute atomic E-state index is 0.268. The topological polar surface area (TPSA) is 114 Å². The number of aliphatic hydroxyl groups excluding tert-OH is 1. The van der Waals surface area contributed by atoms with E-state index >= 15 is 0 Å². The number of azide groups is 1.